The molecular formula is C16H24N4O2. The first-order valence-electron chi connectivity index (χ1n) is 7.65. The third kappa shape index (κ3) is 3.98. The van der Waals surface area contributed by atoms with E-state index in [-0.39, 0.29) is 6.47 Å². The molecule has 3 rings (SSSR count). The predicted molar refractivity (Wildman–Crippen MR) is 84.5 cm³/mol. The van der Waals surface area contributed by atoms with Gasteiger partial charge < -0.3 is 9.67 Å². The topological polar surface area (TPSA) is 63.3 Å². The van der Waals surface area contributed by atoms with Gasteiger partial charge in [-0.25, -0.2) is 0 Å². The molecule has 6 heteroatoms. The van der Waals surface area contributed by atoms with Crippen molar-refractivity contribution < 1.29 is 9.90 Å². The lowest BCUT2D eigenvalue weighted by molar-refractivity contribution is -0.122. The van der Waals surface area contributed by atoms with Gasteiger partial charge in [0.1, 0.15) is 0 Å². The van der Waals surface area contributed by atoms with Crippen molar-refractivity contribution in [2.45, 2.75) is 46.4 Å². The summed E-state index contributed by atoms with van der Waals surface area (Å²) in [5.41, 5.74) is 3.97. The fourth-order valence-electron chi connectivity index (χ4n) is 2.80. The van der Waals surface area contributed by atoms with E-state index in [1.807, 2.05) is 0 Å². The van der Waals surface area contributed by atoms with E-state index in [9.17, 15) is 0 Å². The standard InChI is InChI=1S/C15H22N4.CH2O2/c1-3-6-19-11-14(13(2)16-19)10-17-8-9-18-7-4-5-15(18)12-17;2-1-3/h4-5,7,11H,3,6,8-10,12H2,1-2H3;1H,(H,2,3). The van der Waals surface area contributed by atoms with Crippen LogP contribution >= 0.6 is 0 Å². The molecule has 0 radical (unpaired) electrons. The Morgan fingerprint density at radius 1 is 1.41 bits per heavy atom. The van der Waals surface area contributed by atoms with E-state index in [4.69, 9.17) is 9.90 Å². The van der Waals surface area contributed by atoms with Gasteiger partial charge in [0, 0.05) is 56.4 Å². The predicted octanol–water partition coefficient (Wildman–Crippen LogP) is 2.12. The normalized spacial score (nSPS) is 14.1. The highest BCUT2D eigenvalue weighted by atomic mass is 16.3. The van der Waals surface area contributed by atoms with Crippen LogP contribution < -0.4 is 0 Å². The quantitative estimate of drug-likeness (QED) is 0.879. The van der Waals surface area contributed by atoms with Crippen LogP contribution in [0.25, 0.3) is 0 Å². The number of rotatable bonds is 4. The monoisotopic (exact) mass is 304 g/mol. The second kappa shape index (κ2) is 7.79. The lowest BCUT2D eigenvalue weighted by atomic mass is 10.2. The molecule has 0 bridgehead atoms. The van der Waals surface area contributed by atoms with Crippen LogP contribution in [0.15, 0.2) is 24.5 Å². The molecule has 0 atom stereocenters. The lowest BCUT2D eigenvalue weighted by Gasteiger charge is -2.28. The highest BCUT2D eigenvalue weighted by molar-refractivity contribution is 5.32. The Labute approximate surface area is 131 Å². The summed E-state index contributed by atoms with van der Waals surface area (Å²) in [6.45, 7) is 9.37. The van der Waals surface area contributed by atoms with Crippen molar-refractivity contribution in [3.8, 4) is 0 Å². The number of nitrogens with zero attached hydrogens (tertiary/aromatic N) is 4. The molecule has 0 unspecified atom stereocenters. The number of carbonyl (C=O) groups is 1. The summed E-state index contributed by atoms with van der Waals surface area (Å²) in [7, 11) is 0. The molecule has 0 aromatic carbocycles. The summed E-state index contributed by atoms with van der Waals surface area (Å²) in [6.07, 6.45) is 5.53. The Morgan fingerprint density at radius 3 is 2.91 bits per heavy atom. The zero-order valence-electron chi connectivity index (χ0n) is 13.3. The smallest absolute Gasteiger partial charge is 0.290 e. The van der Waals surface area contributed by atoms with E-state index in [2.05, 4.69) is 57.6 Å². The molecule has 6 nitrogen and oxygen atoms in total. The minimum atomic E-state index is -0.250. The molecule has 0 aliphatic carbocycles. The van der Waals surface area contributed by atoms with Gasteiger partial charge in [0.2, 0.25) is 0 Å². The van der Waals surface area contributed by atoms with Gasteiger partial charge in [-0.1, -0.05) is 6.92 Å². The molecule has 0 saturated carbocycles. The molecule has 2 aromatic heterocycles. The highest BCUT2D eigenvalue weighted by Gasteiger charge is 2.17. The summed E-state index contributed by atoms with van der Waals surface area (Å²) in [6, 6.07) is 4.36. The molecule has 0 spiro atoms. The Balaban J connectivity index is 0.000000545. The second-order valence-electron chi connectivity index (χ2n) is 5.51. The Bertz CT molecular complexity index is 603. The maximum absolute atomic E-state index is 8.36. The minimum absolute atomic E-state index is 0.250. The fourth-order valence-corrected chi connectivity index (χ4v) is 2.80. The van der Waals surface area contributed by atoms with E-state index >= 15 is 0 Å². The Hall–Kier alpha value is -2.08. The molecule has 120 valence electrons. The first kappa shape index (κ1) is 16.3. The average Bonchev–Trinajstić information content (AvgIpc) is 3.07. The summed E-state index contributed by atoms with van der Waals surface area (Å²) >= 11 is 0. The first-order chi connectivity index (χ1) is 10.7. The maximum atomic E-state index is 8.36. The summed E-state index contributed by atoms with van der Waals surface area (Å²) < 4.78 is 4.43. The molecular weight excluding hydrogens is 280 g/mol. The largest absolute Gasteiger partial charge is 0.483 e. The van der Waals surface area contributed by atoms with Gasteiger partial charge in [-0.3, -0.25) is 14.4 Å². The van der Waals surface area contributed by atoms with E-state index in [1.165, 1.54) is 17.0 Å². The zero-order valence-corrected chi connectivity index (χ0v) is 13.3. The second-order valence-corrected chi connectivity index (χ2v) is 5.51. The molecule has 1 aliphatic rings. The highest BCUT2D eigenvalue weighted by Crippen LogP contribution is 2.17. The Morgan fingerprint density at radius 2 is 2.18 bits per heavy atom. The van der Waals surface area contributed by atoms with Crippen molar-refractivity contribution in [2.75, 3.05) is 6.54 Å². The van der Waals surface area contributed by atoms with Gasteiger partial charge in [0.25, 0.3) is 6.47 Å². The maximum Gasteiger partial charge on any atom is 0.290 e. The van der Waals surface area contributed by atoms with Gasteiger partial charge in [0.05, 0.1) is 5.69 Å². The van der Waals surface area contributed by atoms with Crippen LogP contribution in [0.5, 0.6) is 0 Å². The SMILES string of the molecule is CCCn1cc(CN2CCn3cccc3C2)c(C)n1.O=CO. The number of hydrogen-bond donors (Lipinski definition) is 1. The third-order valence-corrected chi connectivity index (χ3v) is 3.86. The number of fused-ring (bicyclic) bond motifs is 1. The van der Waals surface area contributed by atoms with Crippen molar-refractivity contribution in [3.05, 3.63) is 41.5 Å². The average molecular weight is 304 g/mol. The first-order valence-corrected chi connectivity index (χ1v) is 7.65. The van der Waals surface area contributed by atoms with Crippen molar-refractivity contribution >= 4 is 6.47 Å². The van der Waals surface area contributed by atoms with Crippen molar-refractivity contribution in [1.82, 2.24) is 19.2 Å². The van der Waals surface area contributed by atoms with Gasteiger partial charge in [-0.2, -0.15) is 5.10 Å². The van der Waals surface area contributed by atoms with Gasteiger partial charge in [-0.15, -0.1) is 0 Å². The number of aromatic nitrogens is 3. The summed E-state index contributed by atoms with van der Waals surface area (Å²) in [5, 5.41) is 11.5. The molecule has 2 aromatic rings. The van der Waals surface area contributed by atoms with Crippen LogP contribution in [0.2, 0.25) is 0 Å². The van der Waals surface area contributed by atoms with Gasteiger partial charge in [-0.05, 0) is 25.5 Å². The molecule has 1 N–H and O–H groups in total. The van der Waals surface area contributed by atoms with Crippen molar-refractivity contribution in [1.29, 1.82) is 0 Å². The zero-order chi connectivity index (χ0) is 15.9. The van der Waals surface area contributed by atoms with Crippen molar-refractivity contribution in [2.24, 2.45) is 0 Å². The number of hydrogen-bond acceptors (Lipinski definition) is 3. The van der Waals surface area contributed by atoms with Crippen LogP contribution in [0.3, 0.4) is 0 Å². The van der Waals surface area contributed by atoms with Gasteiger partial charge in [0.15, 0.2) is 0 Å². The molecule has 0 saturated heterocycles. The van der Waals surface area contributed by atoms with E-state index in [0.717, 1.165) is 39.1 Å². The van der Waals surface area contributed by atoms with Crippen LogP contribution in [-0.4, -0.2) is 37.4 Å². The van der Waals surface area contributed by atoms with Crippen LogP contribution in [0.1, 0.15) is 30.3 Å². The van der Waals surface area contributed by atoms with Crippen molar-refractivity contribution in [3.63, 3.8) is 0 Å². The van der Waals surface area contributed by atoms with E-state index < -0.39 is 0 Å². The molecule has 22 heavy (non-hydrogen) atoms. The number of aryl methyl sites for hydroxylation is 2. The van der Waals surface area contributed by atoms with Crippen LogP contribution in [0.4, 0.5) is 0 Å². The minimum Gasteiger partial charge on any atom is -0.483 e. The molecule has 3 heterocycles. The van der Waals surface area contributed by atoms with Gasteiger partial charge >= 0.3 is 0 Å². The summed E-state index contributed by atoms with van der Waals surface area (Å²) in [4.78, 5) is 10.9. The van der Waals surface area contributed by atoms with E-state index in [1.54, 1.807) is 0 Å². The molecule has 0 amide bonds. The van der Waals surface area contributed by atoms with E-state index in [0.29, 0.717) is 0 Å². The number of carboxylic acid groups (broad SMARTS) is 1. The Kier molecular flexibility index (Phi) is 5.77. The molecule has 0 fully saturated rings. The van der Waals surface area contributed by atoms with Crippen LogP contribution in [-0.2, 0) is 31.0 Å². The third-order valence-electron chi connectivity index (χ3n) is 3.86. The lowest BCUT2D eigenvalue weighted by Crippen LogP contribution is -2.32. The fraction of sp³-hybridized carbons (Fsp3) is 0.500. The van der Waals surface area contributed by atoms with Crippen LogP contribution in [0, 0.1) is 6.92 Å². The summed E-state index contributed by atoms with van der Waals surface area (Å²) in [5.74, 6) is 0. The molecule has 1 aliphatic heterocycles.